The maximum absolute atomic E-state index is 11.5. The van der Waals surface area contributed by atoms with Crippen molar-refractivity contribution >= 4 is 12.0 Å². The molecular formula is C10H16N2O3. The molecule has 0 aromatic rings. The van der Waals surface area contributed by atoms with E-state index in [0.29, 0.717) is 12.8 Å². The highest BCUT2D eigenvalue weighted by molar-refractivity contribution is 5.89. The minimum Gasteiger partial charge on any atom is -0.480 e. The minimum atomic E-state index is -0.982. The van der Waals surface area contributed by atoms with Crippen molar-refractivity contribution in [2.45, 2.75) is 50.1 Å². The lowest BCUT2D eigenvalue weighted by Crippen LogP contribution is -2.57. The molecule has 3 N–H and O–H groups in total. The van der Waals surface area contributed by atoms with Crippen LogP contribution in [-0.2, 0) is 4.79 Å². The Labute approximate surface area is 88.2 Å². The van der Waals surface area contributed by atoms with Gasteiger partial charge in [-0.15, -0.1) is 0 Å². The van der Waals surface area contributed by atoms with Crippen LogP contribution < -0.4 is 10.6 Å². The number of rotatable bonds is 3. The Balaban J connectivity index is 1.85. The summed E-state index contributed by atoms with van der Waals surface area (Å²) in [4.78, 5) is 22.4. The molecule has 0 spiro atoms. The summed E-state index contributed by atoms with van der Waals surface area (Å²) >= 11 is 0. The normalized spacial score (nSPS) is 24.9. The van der Waals surface area contributed by atoms with E-state index in [-0.39, 0.29) is 11.6 Å². The molecule has 2 fully saturated rings. The van der Waals surface area contributed by atoms with E-state index in [1.54, 1.807) is 0 Å². The van der Waals surface area contributed by atoms with Crippen LogP contribution in [-0.4, -0.2) is 28.2 Å². The fourth-order valence-corrected chi connectivity index (χ4v) is 1.87. The number of carbonyl (C=O) groups is 2. The number of urea groups is 1. The van der Waals surface area contributed by atoms with Gasteiger partial charge in [-0.05, 0) is 39.0 Å². The molecule has 0 radical (unpaired) electrons. The predicted octanol–water partition coefficient (Wildman–Crippen LogP) is 0.845. The molecule has 2 aliphatic rings. The Morgan fingerprint density at radius 1 is 1.13 bits per heavy atom. The lowest BCUT2D eigenvalue weighted by Gasteiger charge is -2.39. The van der Waals surface area contributed by atoms with Crippen molar-refractivity contribution < 1.29 is 14.7 Å². The van der Waals surface area contributed by atoms with Crippen LogP contribution in [0.5, 0.6) is 0 Å². The summed E-state index contributed by atoms with van der Waals surface area (Å²) in [6, 6.07) is -0.350. The zero-order chi connectivity index (χ0) is 11.1. The van der Waals surface area contributed by atoms with E-state index >= 15 is 0 Å². The molecule has 5 nitrogen and oxygen atoms in total. The average Bonchev–Trinajstić information content (AvgIpc) is 2.82. The van der Waals surface area contributed by atoms with Gasteiger partial charge in [-0.1, -0.05) is 0 Å². The monoisotopic (exact) mass is 212 g/mol. The summed E-state index contributed by atoms with van der Waals surface area (Å²) in [6.07, 6.45) is 4.14. The molecule has 84 valence electrons. The molecule has 2 rings (SSSR count). The highest BCUT2D eigenvalue weighted by Crippen LogP contribution is 2.36. The van der Waals surface area contributed by atoms with Crippen LogP contribution in [0.15, 0.2) is 0 Å². The van der Waals surface area contributed by atoms with Crippen molar-refractivity contribution in [2.75, 3.05) is 0 Å². The molecule has 0 unspecified atom stereocenters. The van der Waals surface area contributed by atoms with Gasteiger partial charge in [-0.3, -0.25) is 0 Å². The number of carboxylic acids is 1. The number of aliphatic carboxylic acids is 1. The molecule has 0 aromatic carbocycles. The van der Waals surface area contributed by atoms with Gasteiger partial charge in [0, 0.05) is 5.54 Å². The first kappa shape index (κ1) is 10.3. The lowest BCUT2D eigenvalue weighted by atomic mass is 9.79. The fourth-order valence-electron chi connectivity index (χ4n) is 1.87. The first-order chi connectivity index (χ1) is 6.96. The Morgan fingerprint density at radius 3 is 2.07 bits per heavy atom. The smallest absolute Gasteiger partial charge is 0.329 e. The molecule has 5 heteroatoms. The van der Waals surface area contributed by atoms with E-state index in [9.17, 15) is 9.59 Å². The van der Waals surface area contributed by atoms with Crippen molar-refractivity contribution in [3.63, 3.8) is 0 Å². The Hall–Kier alpha value is -1.26. The fraction of sp³-hybridized carbons (Fsp3) is 0.800. The van der Waals surface area contributed by atoms with Crippen LogP contribution in [0.1, 0.15) is 39.0 Å². The summed E-state index contributed by atoms with van der Waals surface area (Å²) in [5, 5.41) is 14.3. The molecule has 2 amide bonds. The van der Waals surface area contributed by atoms with Crippen molar-refractivity contribution in [3.8, 4) is 0 Å². The van der Waals surface area contributed by atoms with E-state index < -0.39 is 11.5 Å². The molecule has 0 bridgehead atoms. The maximum Gasteiger partial charge on any atom is 0.329 e. The predicted molar refractivity (Wildman–Crippen MR) is 53.5 cm³/mol. The van der Waals surface area contributed by atoms with Gasteiger partial charge in [0.1, 0.15) is 5.54 Å². The Kier molecular flexibility index (Phi) is 2.13. The van der Waals surface area contributed by atoms with Crippen LogP contribution in [0.2, 0.25) is 0 Å². The number of hydrogen-bond acceptors (Lipinski definition) is 2. The first-order valence-corrected chi connectivity index (χ1v) is 5.30. The third kappa shape index (κ3) is 1.91. The summed E-state index contributed by atoms with van der Waals surface area (Å²) < 4.78 is 0. The zero-order valence-electron chi connectivity index (χ0n) is 8.80. The van der Waals surface area contributed by atoms with Crippen molar-refractivity contribution in [1.29, 1.82) is 0 Å². The Morgan fingerprint density at radius 2 is 1.73 bits per heavy atom. The number of hydrogen-bond donors (Lipinski definition) is 3. The number of carbonyl (C=O) groups excluding carboxylic acids is 1. The molecule has 2 saturated carbocycles. The van der Waals surface area contributed by atoms with E-state index in [1.165, 1.54) is 0 Å². The minimum absolute atomic E-state index is 0.126. The number of amides is 2. The van der Waals surface area contributed by atoms with Gasteiger partial charge in [0.15, 0.2) is 0 Å². The standard InChI is InChI=1S/C10H16N2O3/c1-9(3-2-4-9)11-8(15)12-10(5-6-10)7(13)14/h2-6H2,1H3,(H,13,14)(H2,11,12,15). The molecule has 0 saturated heterocycles. The SMILES string of the molecule is CC1(NC(=O)NC2(C(=O)O)CC2)CCC1. The molecule has 15 heavy (non-hydrogen) atoms. The van der Waals surface area contributed by atoms with Gasteiger partial charge >= 0.3 is 12.0 Å². The summed E-state index contributed by atoms with van der Waals surface area (Å²) in [6.45, 7) is 1.98. The van der Waals surface area contributed by atoms with Crippen LogP contribution >= 0.6 is 0 Å². The van der Waals surface area contributed by atoms with Gasteiger partial charge in [0.05, 0.1) is 0 Å². The van der Waals surface area contributed by atoms with Crippen LogP contribution in [0.25, 0.3) is 0 Å². The van der Waals surface area contributed by atoms with Crippen molar-refractivity contribution in [3.05, 3.63) is 0 Å². The van der Waals surface area contributed by atoms with Gasteiger partial charge < -0.3 is 15.7 Å². The highest BCUT2D eigenvalue weighted by Gasteiger charge is 2.52. The molecular weight excluding hydrogens is 196 g/mol. The van der Waals surface area contributed by atoms with E-state index in [0.717, 1.165) is 19.3 Å². The van der Waals surface area contributed by atoms with Crippen molar-refractivity contribution in [2.24, 2.45) is 0 Å². The van der Waals surface area contributed by atoms with Gasteiger partial charge in [0.25, 0.3) is 0 Å². The second-order valence-electron chi connectivity index (χ2n) is 4.88. The molecule has 0 heterocycles. The number of nitrogens with one attached hydrogen (secondary N) is 2. The maximum atomic E-state index is 11.5. The number of carboxylic acid groups (broad SMARTS) is 1. The average molecular weight is 212 g/mol. The van der Waals surface area contributed by atoms with Crippen LogP contribution in [0.4, 0.5) is 4.79 Å². The van der Waals surface area contributed by atoms with Gasteiger partial charge in [-0.25, -0.2) is 9.59 Å². The van der Waals surface area contributed by atoms with E-state index in [4.69, 9.17) is 5.11 Å². The summed E-state index contributed by atoms with van der Waals surface area (Å²) in [5.41, 5.74) is -1.11. The molecule has 0 aliphatic heterocycles. The highest BCUT2D eigenvalue weighted by atomic mass is 16.4. The van der Waals surface area contributed by atoms with Crippen LogP contribution in [0, 0.1) is 0 Å². The van der Waals surface area contributed by atoms with E-state index in [1.807, 2.05) is 6.92 Å². The zero-order valence-corrected chi connectivity index (χ0v) is 8.80. The van der Waals surface area contributed by atoms with E-state index in [2.05, 4.69) is 10.6 Å². The summed E-state index contributed by atoms with van der Waals surface area (Å²) in [7, 11) is 0. The molecule has 2 aliphatic carbocycles. The second kappa shape index (κ2) is 3.12. The molecule has 0 atom stereocenters. The van der Waals surface area contributed by atoms with Crippen molar-refractivity contribution in [1.82, 2.24) is 10.6 Å². The summed E-state index contributed by atoms with van der Waals surface area (Å²) in [5.74, 6) is -0.934. The van der Waals surface area contributed by atoms with Crippen LogP contribution in [0.3, 0.4) is 0 Å². The first-order valence-electron chi connectivity index (χ1n) is 5.30. The quantitative estimate of drug-likeness (QED) is 0.648. The lowest BCUT2D eigenvalue weighted by molar-refractivity contribution is -0.140. The third-order valence-electron chi connectivity index (χ3n) is 3.38. The van der Waals surface area contributed by atoms with Gasteiger partial charge in [-0.2, -0.15) is 0 Å². The third-order valence-corrected chi connectivity index (χ3v) is 3.38. The second-order valence-corrected chi connectivity index (χ2v) is 4.88. The van der Waals surface area contributed by atoms with Gasteiger partial charge in [0.2, 0.25) is 0 Å². The Bertz CT molecular complexity index is 306. The topological polar surface area (TPSA) is 78.4 Å². The largest absolute Gasteiger partial charge is 0.480 e. The molecule has 0 aromatic heterocycles.